The second-order valence-corrected chi connectivity index (χ2v) is 5.20. The van der Waals surface area contributed by atoms with Crippen molar-refractivity contribution in [1.82, 2.24) is 15.2 Å². The summed E-state index contributed by atoms with van der Waals surface area (Å²) in [6.07, 6.45) is 0. The SMILES string of the molecule is Oc1ccc2ccccc2c1N=Nc1n[nH]c(-c2ccccc2)n1. The maximum atomic E-state index is 10.1. The minimum atomic E-state index is 0.0660. The van der Waals surface area contributed by atoms with Crippen LogP contribution in [-0.2, 0) is 0 Å². The summed E-state index contributed by atoms with van der Waals surface area (Å²) < 4.78 is 0. The fraction of sp³-hybridized carbons (Fsp3) is 0. The normalized spacial score (nSPS) is 11.3. The van der Waals surface area contributed by atoms with Crippen LogP contribution in [-0.4, -0.2) is 20.3 Å². The molecule has 3 aromatic carbocycles. The van der Waals surface area contributed by atoms with Crippen LogP contribution < -0.4 is 0 Å². The minimum Gasteiger partial charge on any atom is -0.506 e. The fourth-order valence-electron chi connectivity index (χ4n) is 2.47. The summed E-state index contributed by atoms with van der Waals surface area (Å²) in [7, 11) is 0. The van der Waals surface area contributed by atoms with Crippen molar-refractivity contribution in [3.8, 4) is 17.1 Å². The predicted molar refractivity (Wildman–Crippen MR) is 91.6 cm³/mol. The lowest BCUT2D eigenvalue weighted by atomic mass is 10.1. The maximum absolute atomic E-state index is 10.1. The van der Waals surface area contributed by atoms with E-state index in [1.54, 1.807) is 6.07 Å². The highest BCUT2D eigenvalue weighted by Crippen LogP contribution is 2.35. The van der Waals surface area contributed by atoms with Gasteiger partial charge in [-0.15, -0.1) is 15.3 Å². The highest BCUT2D eigenvalue weighted by Gasteiger charge is 2.07. The van der Waals surface area contributed by atoms with Crippen LogP contribution in [0.3, 0.4) is 0 Å². The molecule has 0 unspecified atom stereocenters. The van der Waals surface area contributed by atoms with Gasteiger partial charge in [-0.3, -0.25) is 5.10 Å². The lowest BCUT2D eigenvalue weighted by molar-refractivity contribution is 0.477. The van der Waals surface area contributed by atoms with E-state index in [4.69, 9.17) is 0 Å². The zero-order chi connectivity index (χ0) is 16.4. The number of aromatic hydroxyl groups is 1. The first-order valence-corrected chi connectivity index (χ1v) is 7.41. The van der Waals surface area contributed by atoms with Gasteiger partial charge in [0.1, 0.15) is 11.4 Å². The quantitative estimate of drug-likeness (QED) is 0.535. The van der Waals surface area contributed by atoms with Gasteiger partial charge in [0.25, 0.3) is 5.95 Å². The van der Waals surface area contributed by atoms with E-state index in [9.17, 15) is 5.11 Å². The monoisotopic (exact) mass is 315 g/mol. The van der Waals surface area contributed by atoms with Crippen molar-refractivity contribution in [2.24, 2.45) is 10.2 Å². The van der Waals surface area contributed by atoms with E-state index in [1.165, 1.54) is 0 Å². The van der Waals surface area contributed by atoms with Crippen LogP contribution in [0.1, 0.15) is 0 Å². The van der Waals surface area contributed by atoms with E-state index in [1.807, 2.05) is 60.7 Å². The molecule has 2 N–H and O–H groups in total. The number of aromatic amines is 1. The molecule has 0 spiro atoms. The predicted octanol–water partition coefficient (Wildman–Crippen LogP) is 4.75. The number of phenolic OH excluding ortho intramolecular Hbond substituents is 1. The third kappa shape index (κ3) is 2.61. The number of fused-ring (bicyclic) bond motifs is 1. The number of H-pyrrole nitrogens is 1. The highest BCUT2D eigenvalue weighted by atomic mass is 16.3. The molecular formula is C18H13N5O. The van der Waals surface area contributed by atoms with Gasteiger partial charge in [-0.2, -0.15) is 4.98 Å². The average Bonchev–Trinajstić information content (AvgIpc) is 3.11. The van der Waals surface area contributed by atoms with Gasteiger partial charge in [0.05, 0.1) is 0 Å². The first-order valence-electron chi connectivity index (χ1n) is 7.41. The average molecular weight is 315 g/mol. The van der Waals surface area contributed by atoms with Crippen LogP contribution in [0.2, 0.25) is 0 Å². The van der Waals surface area contributed by atoms with E-state index in [0.717, 1.165) is 16.3 Å². The lowest BCUT2D eigenvalue weighted by Crippen LogP contribution is -1.78. The Bertz CT molecular complexity index is 1020. The molecule has 0 saturated carbocycles. The number of nitrogens with one attached hydrogen (secondary N) is 1. The molecule has 4 aromatic rings. The van der Waals surface area contributed by atoms with E-state index in [0.29, 0.717) is 11.5 Å². The highest BCUT2D eigenvalue weighted by molar-refractivity contribution is 5.95. The maximum Gasteiger partial charge on any atom is 0.287 e. The van der Waals surface area contributed by atoms with Crippen molar-refractivity contribution in [3.05, 3.63) is 66.7 Å². The first-order chi connectivity index (χ1) is 11.8. The largest absolute Gasteiger partial charge is 0.506 e. The van der Waals surface area contributed by atoms with E-state index < -0.39 is 0 Å². The minimum absolute atomic E-state index is 0.0660. The Hall–Kier alpha value is -3.54. The van der Waals surface area contributed by atoms with Crippen LogP contribution >= 0.6 is 0 Å². The van der Waals surface area contributed by atoms with Crippen LogP contribution in [0.15, 0.2) is 77.0 Å². The smallest absolute Gasteiger partial charge is 0.287 e. The molecule has 116 valence electrons. The molecule has 24 heavy (non-hydrogen) atoms. The van der Waals surface area contributed by atoms with Crippen molar-refractivity contribution in [1.29, 1.82) is 0 Å². The molecule has 6 heteroatoms. The third-order valence-electron chi connectivity index (χ3n) is 3.64. The molecule has 0 fully saturated rings. The first kappa shape index (κ1) is 14.1. The number of hydrogen-bond acceptors (Lipinski definition) is 5. The van der Waals surface area contributed by atoms with Crippen LogP contribution in [0.5, 0.6) is 5.75 Å². The number of phenols is 1. The summed E-state index contributed by atoms with van der Waals surface area (Å²) in [5.74, 6) is 0.893. The second kappa shape index (κ2) is 5.92. The Morgan fingerprint density at radius 3 is 2.50 bits per heavy atom. The Balaban J connectivity index is 1.69. The Morgan fingerprint density at radius 2 is 1.62 bits per heavy atom. The molecule has 0 aliphatic heterocycles. The van der Waals surface area contributed by atoms with Crippen molar-refractivity contribution in [3.63, 3.8) is 0 Å². The molecule has 0 amide bonds. The van der Waals surface area contributed by atoms with Gasteiger partial charge in [0, 0.05) is 10.9 Å². The fourth-order valence-corrected chi connectivity index (χ4v) is 2.47. The Labute approximate surface area is 137 Å². The van der Waals surface area contributed by atoms with Crippen LogP contribution in [0.25, 0.3) is 22.2 Å². The van der Waals surface area contributed by atoms with Gasteiger partial charge in [0.15, 0.2) is 5.82 Å². The standard InChI is InChI=1S/C18H13N5O/c24-15-11-10-12-6-4-5-9-14(12)16(15)20-22-18-19-17(21-23-18)13-7-2-1-3-8-13/h1-11,24H,(H,19,21,23). The second-order valence-electron chi connectivity index (χ2n) is 5.20. The molecule has 0 atom stereocenters. The van der Waals surface area contributed by atoms with Gasteiger partial charge >= 0.3 is 0 Å². The molecule has 1 heterocycles. The number of azo groups is 1. The summed E-state index contributed by atoms with van der Waals surface area (Å²) >= 11 is 0. The Morgan fingerprint density at radius 1 is 0.833 bits per heavy atom. The molecule has 1 aromatic heterocycles. The lowest BCUT2D eigenvalue weighted by Gasteiger charge is -2.02. The van der Waals surface area contributed by atoms with Crippen LogP contribution in [0.4, 0.5) is 11.6 Å². The summed E-state index contributed by atoms with van der Waals surface area (Å²) in [6.45, 7) is 0. The van der Waals surface area contributed by atoms with Crippen molar-refractivity contribution < 1.29 is 5.11 Å². The topological polar surface area (TPSA) is 86.5 Å². The molecule has 0 bridgehead atoms. The zero-order valence-corrected chi connectivity index (χ0v) is 12.6. The summed E-state index contributed by atoms with van der Waals surface area (Å²) in [5, 5.41) is 26.9. The van der Waals surface area contributed by atoms with E-state index in [-0.39, 0.29) is 11.7 Å². The molecule has 0 aliphatic rings. The van der Waals surface area contributed by atoms with Gasteiger partial charge in [-0.25, -0.2) is 0 Å². The summed E-state index contributed by atoms with van der Waals surface area (Å²) in [6, 6.07) is 20.7. The van der Waals surface area contributed by atoms with Crippen molar-refractivity contribution >= 4 is 22.4 Å². The molecule has 6 nitrogen and oxygen atoms in total. The molecule has 0 saturated heterocycles. The van der Waals surface area contributed by atoms with Gasteiger partial charge in [-0.1, -0.05) is 60.7 Å². The summed E-state index contributed by atoms with van der Waals surface area (Å²) in [4.78, 5) is 4.30. The molecule has 0 radical (unpaired) electrons. The van der Waals surface area contributed by atoms with Crippen LogP contribution in [0, 0.1) is 0 Å². The van der Waals surface area contributed by atoms with E-state index in [2.05, 4.69) is 25.4 Å². The van der Waals surface area contributed by atoms with E-state index >= 15 is 0 Å². The van der Waals surface area contributed by atoms with Gasteiger partial charge < -0.3 is 5.11 Å². The molecule has 4 rings (SSSR count). The number of benzene rings is 3. The summed E-state index contributed by atoms with van der Waals surface area (Å²) in [5.41, 5.74) is 1.32. The molecular weight excluding hydrogens is 302 g/mol. The molecule has 0 aliphatic carbocycles. The Kier molecular flexibility index (Phi) is 3.47. The number of rotatable bonds is 3. The van der Waals surface area contributed by atoms with Gasteiger partial charge in [0.2, 0.25) is 0 Å². The van der Waals surface area contributed by atoms with Gasteiger partial charge in [-0.05, 0) is 11.5 Å². The zero-order valence-electron chi connectivity index (χ0n) is 12.6. The number of aromatic nitrogens is 3. The van der Waals surface area contributed by atoms with Crippen molar-refractivity contribution in [2.45, 2.75) is 0 Å². The number of hydrogen-bond donors (Lipinski definition) is 2. The van der Waals surface area contributed by atoms with Crippen molar-refractivity contribution in [2.75, 3.05) is 0 Å². The number of nitrogens with zero attached hydrogens (tertiary/aromatic N) is 4. The third-order valence-corrected chi connectivity index (χ3v) is 3.64.